The van der Waals surface area contributed by atoms with Crippen molar-refractivity contribution in [1.82, 2.24) is 10.3 Å². The van der Waals surface area contributed by atoms with E-state index in [1.54, 1.807) is 6.20 Å². The number of amides is 2. The first-order chi connectivity index (χ1) is 7.18. The molecule has 1 rings (SSSR count). The summed E-state index contributed by atoms with van der Waals surface area (Å²) in [6.07, 6.45) is 3.51. The highest BCUT2D eigenvalue weighted by Crippen LogP contribution is 2.09. The molecule has 0 atom stereocenters. The lowest BCUT2D eigenvalue weighted by Gasteiger charge is -2.04. The van der Waals surface area contributed by atoms with Gasteiger partial charge in [0.2, 0.25) is 0 Å². The Morgan fingerprint density at radius 3 is 3.07 bits per heavy atom. The van der Waals surface area contributed by atoms with Crippen LogP contribution < -0.4 is 10.6 Å². The SMILES string of the molecule is C=C(C)CCCNC(=O)Nc1nccs1. The Morgan fingerprint density at radius 1 is 1.67 bits per heavy atom. The predicted octanol–water partition coefficient (Wildman–Crippen LogP) is 2.62. The molecule has 1 heterocycles. The molecule has 0 saturated carbocycles. The van der Waals surface area contributed by atoms with Gasteiger partial charge in [-0.3, -0.25) is 5.32 Å². The van der Waals surface area contributed by atoms with Gasteiger partial charge in [-0.1, -0.05) is 5.57 Å². The smallest absolute Gasteiger partial charge is 0.321 e. The number of carbonyl (C=O) groups is 1. The zero-order valence-electron chi connectivity index (χ0n) is 8.75. The zero-order valence-corrected chi connectivity index (χ0v) is 9.56. The van der Waals surface area contributed by atoms with E-state index in [1.807, 2.05) is 12.3 Å². The number of anilines is 1. The van der Waals surface area contributed by atoms with Crippen molar-refractivity contribution >= 4 is 22.5 Å². The van der Waals surface area contributed by atoms with Crippen LogP contribution in [0.3, 0.4) is 0 Å². The lowest BCUT2D eigenvalue weighted by molar-refractivity contribution is 0.252. The fourth-order valence-corrected chi connectivity index (χ4v) is 1.54. The van der Waals surface area contributed by atoms with E-state index in [9.17, 15) is 4.79 Å². The van der Waals surface area contributed by atoms with Gasteiger partial charge >= 0.3 is 6.03 Å². The minimum Gasteiger partial charge on any atom is -0.338 e. The number of urea groups is 1. The molecule has 1 aromatic heterocycles. The molecular formula is C10H15N3OS. The molecule has 0 bridgehead atoms. The number of hydrogen-bond acceptors (Lipinski definition) is 3. The lowest BCUT2D eigenvalue weighted by Crippen LogP contribution is -2.29. The Balaban J connectivity index is 2.11. The van der Waals surface area contributed by atoms with Gasteiger partial charge in [0.05, 0.1) is 0 Å². The first kappa shape index (κ1) is 11.7. The van der Waals surface area contributed by atoms with E-state index in [4.69, 9.17) is 0 Å². The van der Waals surface area contributed by atoms with Crippen molar-refractivity contribution in [2.45, 2.75) is 19.8 Å². The summed E-state index contributed by atoms with van der Waals surface area (Å²) >= 11 is 1.40. The van der Waals surface area contributed by atoms with Crippen LogP contribution in [-0.4, -0.2) is 17.6 Å². The molecule has 0 spiro atoms. The van der Waals surface area contributed by atoms with Crippen LogP contribution in [0.2, 0.25) is 0 Å². The summed E-state index contributed by atoms with van der Waals surface area (Å²) in [4.78, 5) is 15.2. The molecular weight excluding hydrogens is 210 g/mol. The van der Waals surface area contributed by atoms with Gasteiger partial charge in [0.25, 0.3) is 0 Å². The Kier molecular flexibility index (Phi) is 4.83. The second-order valence-electron chi connectivity index (χ2n) is 3.28. The van der Waals surface area contributed by atoms with Crippen molar-refractivity contribution in [3.63, 3.8) is 0 Å². The van der Waals surface area contributed by atoms with Crippen molar-refractivity contribution in [3.8, 4) is 0 Å². The highest BCUT2D eigenvalue weighted by atomic mass is 32.1. The van der Waals surface area contributed by atoms with Gasteiger partial charge in [-0.15, -0.1) is 17.9 Å². The van der Waals surface area contributed by atoms with Gasteiger partial charge in [-0.05, 0) is 19.8 Å². The molecule has 82 valence electrons. The average molecular weight is 225 g/mol. The molecule has 0 unspecified atom stereocenters. The minimum absolute atomic E-state index is 0.202. The summed E-state index contributed by atoms with van der Waals surface area (Å²) in [6, 6.07) is -0.202. The number of rotatable bonds is 5. The third-order valence-corrected chi connectivity index (χ3v) is 2.41. The molecule has 0 fully saturated rings. The molecule has 0 saturated heterocycles. The zero-order chi connectivity index (χ0) is 11.1. The molecule has 15 heavy (non-hydrogen) atoms. The van der Waals surface area contributed by atoms with E-state index in [0.717, 1.165) is 18.4 Å². The van der Waals surface area contributed by atoms with Crippen LogP contribution in [0, 0.1) is 0 Å². The monoisotopic (exact) mass is 225 g/mol. The first-order valence-electron chi connectivity index (χ1n) is 4.77. The third kappa shape index (κ3) is 5.17. The Morgan fingerprint density at radius 2 is 2.47 bits per heavy atom. The number of allylic oxidation sites excluding steroid dienone is 1. The van der Waals surface area contributed by atoms with Crippen molar-refractivity contribution in [1.29, 1.82) is 0 Å². The van der Waals surface area contributed by atoms with E-state index < -0.39 is 0 Å². The minimum atomic E-state index is -0.202. The predicted molar refractivity (Wildman–Crippen MR) is 63.2 cm³/mol. The molecule has 5 heteroatoms. The number of nitrogens with one attached hydrogen (secondary N) is 2. The van der Waals surface area contributed by atoms with Crippen LogP contribution in [-0.2, 0) is 0 Å². The van der Waals surface area contributed by atoms with Crippen molar-refractivity contribution < 1.29 is 4.79 Å². The van der Waals surface area contributed by atoms with Crippen molar-refractivity contribution in [3.05, 3.63) is 23.7 Å². The Bertz CT molecular complexity index is 321. The van der Waals surface area contributed by atoms with Gasteiger partial charge in [-0.2, -0.15) is 0 Å². The van der Waals surface area contributed by atoms with Gasteiger partial charge < -0.3 is 5.32 Å². The summed E-state index contributed by atoms with van der Waals surface area (Å²) in [5.74, 6) is 0. The number of thiazole rings is 1. The molecule has 0 aliphatic carbocycles. The molecule has 1 aromatic rings. The van der Waals surface area contributed by atoms with Crippen molar-refractivity contribution in [2.75, 3.05) is 11.9 Å². The normalized spacial score (nSPS) is 9.67. The fraction of sp³-hybridized carbons (Fsp3) is 0.400. The number of hydrogen-bond donors (Lipinski definition) is 2. The topological polar surface area (TPSA) is 54.0 Å². The van der Waals surface area contributed by atoms with Crippen LogP contribution in [0.25, 0.3) is 0 Å². The fourth-order valence-electron chi connectivity index (χ4n) is 1.02. The second-order valence-corrected chi connectivity index (χ2v) is 4.17. The maximum Gasteiger partial charge on any atom is 0.321 e. The van der Waals surface area contributed by atoms with E-state index in [1.165, 1.54) is 11.3 Å². The number of aromatic nitrogens is 1. The van der Waals surface area contributed by atoms with Gasteiger partial charge in [0.15, 0.2) is 5.13 Å². The third-order valence-electron chi connectivity index (χ3n) is 1.72. The van der Waals surface area contributed by atoms with Gasteiger partial charge in [0.1, 0.15) is 0 Å². The molecule has 0 aromatic carbocycles. The summed E-state index contributed by atoms with van der Waals surface area (Å²) in [7, 11) is 0. The summed E-state index contributed by atoms with van der Waals surface area (Å²) in [5, 5.41) is 7.83. The maximum absolute atomic E-state index is 11.3. The largest absolute Gasteiger partial charge is 0.338 e. The summed E-state index contributed by atoms with van der Waals surface area (Å²) in [5.41, 5.74) is 1.14. The molecule has 0 radical (unpaired) electrons. The van der Waals surface area contributed by atoms with Gasteiger partial charge in [0, 0.05) is 18.1 Å². The number of carbonyl (C=O) groups excluding carboxylic acids is 1. The molecule has 2 amide bonds. The highest BCUT2D eigenvalue weighted by molar-refractivity contribution is 7.13. The standard InChI is InChI=1S/C10H15N3OS/c1-8(2)4-3-5-11-9(14)13-10-12-6-7-15-10/h6-7H,1,3-5H2,2H3,(H2,11,12,13,14). The molecule has 0 aliphatic rings. The molecule has 0 aliphatic heterocycles. The van der Waals surface area contributed by atoms with Crippen LogP contribution >= 0.6 is 11.3 Å². The van der Waals surface area contributed by atoms with E-state index in [-0.39, 0.29) is 6.03 Å². The van der Waals surface area contributed by atoms with Crippen LogP contribution in [0.4, 0.5) is 9.93 Å². The average Bonchev–Trinajstić information content (AvgIpc) is 2.64. The first-order valence-corrected chi connectivity index (χ1v) is 5.65. The lowest BCUT2D eigenvalue weighted by atomic mass is 10.2. The number of nitrogens with zero attached hydrogens (tertiary/aromatic N) is 1. The van der Waals surface area contributed by atoms with Crippen LogP contribution in [0.1, 0.15) is 19.8 Å². The quantitative estimate of drug-likeness (QED) is 0.598. The van der Waals surface area contributed by atoms with Crippen LogP contribution in [0.5, 0.6) is 0 Å². The molecule has 2 N–H and O–H groups in total. The van der Waals surface area contributed by atoms with E-state index in [0.29, 0.717) is 11.7 Å². The summed E-state index contributed by atoms with van der Waals surface area (Å²) < 4.78 is 0. The highest BCUT2D eigenvalue weighted by Gasteiger charge is 2.01. The van der Waals surface area contributed by atoms with E-state index >= 15 is 0 Å². The van der Waals surface area contributed by atoms with Crippen molar-refractivity contribution in [2.24, 2.45) is 0 Å². The van der Waals surface area contributed by atoms with Crippen LogP contribution in [0.15, 0.2) is 23.7 Å². The van der Waals surface area contributed by atoms with Gasteiger partial charge in [-0.25, -0.2) is 9.78 Å². The summed E-state index contributed by atoms with van der Waals surface area (Å²) in [6.45, 7) is 6.43. The van der Waals surface area contributed by atoms with E-state index in [2.05, 4.69) is 22.2 Å². The molecule has 4 nitrogen and oxygen atoms in total. The maximum atomic E-state index is 11.3. The Labute approximate surface area is 93.4 Å². The second kappa shape index (κ2) is 6.19. The Hall–Kier alpha value is -1.36.